The van der Waals surface area contributed by atoms with Crippen LogP contribution in [0.1, 0.15) is 31.1 Å². The predicted octanol–water partition coefficient (Wildman–Crippen LogP) is 3.00. The maximum absolute atomic E-state index is 9.41. The summed E-state index contributed by atoms with van der Waals surface area (Å²) in [6.07, 6.45) is 1.32. The highest BCUT2D eigenvalue weighted by molar-refractivity contribution is 5.37. The standard InChI is InChI=1S/C13H18O2/c1-5-10(3)15-13-7-6-12(11(4)14)8-9(13)2/h5-8,10-11,14H,1H2,2-4H3/t10?,11-/m0/s1. The number of benzene rings is 1. The number of hydrogen-bond donors (Lipinski definition) is 1. The van der Waals surface area contributed by atoms with Crippen LogP contribution >= 0.6 is 0 Å². The lowest BCUT2D eigenvalue weighted by Gasteiger charge is -2.14. The van der Waals surface area contributed by atoms with Crippen molar-refractivity contribution in [2.24, 2.45) is 0 Å². The lowest BCUT2D eigenvalue weighted by molar-refractivity contribution is 0.199. The van der Waals surface area contributed by atoms with Gasteiger partial charge in [0, 0.05) is 0 Å². The number of ether oxygens (including phenoxy) is 1. The Morgan fingerprint density at radius 3 is 2.53 bits per heavy atom. The van der Waals surface area contributed by atoms with Crippen molar-refractivity contribution in [2.45, 2.75) is 33.0 Å². The van der Waals surface area contributed by atoms with E-state index in [1.807, 2.05) is 32.0 Å². The second-order valence-electron chi connectivity index (χ2n) is 3.76. The van der Waals surface area contributed by atoms with E-state index in [1.54, 1.807) is 13.0 Å². The molecule has 1 unspecified atom stereocenters. The van der Waals surface area contributed by atoms with E-state index >= 15 is 0 Å². The SMILES string of the molecule is C=CC(C)Oc1ccc([C@H](C)O)cc1C. The van der Waals surface area contributed by atoms with Gasteiger partial charge in [0.2, 0.25) is 0 Å². The molecule has 0 amide bonds. The summed E-state index contributed by atoms with van der Waals surface area (Å²) in [5.74, 6) is 0.840. The van der Waals surface area contributed by atoms with Gasteiger partial charge >= 0.3 is 0 Å². The number of aliphatic hydroxyl groups excluding tert-OH is 1. The third-order valence-electron chi connectivity index (χ3n) is 2.33. The van der Waals surface area contributed by atoms with Crippen molar-refractivity contribution in [1.82, 2.24) is 0 Å². The van der Waals surface area contributed by atoms with Crippen LogP contribution < -0.4 is 4.74 Å². The van der Waals surface area contributed by atoms with Gasteiger partial charge < -0.3 is 9.84 Å². The third kappa shape index (κ3) is 3.10. The molecular weight excluding hydrogens is 188 g/mol. The first-order valence-corrected chi connectivity index (χ1v) is 5.12. The summed E-state index contributed by atoms with van der Waals surface area (Å²) in [6, 6.07) is 5.70. The van der Waals surface area contributed by atoms with E-state index < -0.39 is 6.10 Å². The van der Waals surface area contributed by atoms with Crippen LogP contribution in [0.2, 0.25) is 0 Å². The quantitative estimate of drug-likeness (QED) is 0.767. The molecule has 15 heavy (non-hydrogen) atoms. The molecule has 0 spiro atoms. The zero-order chi connectivity index (χ0) is 11.4. The lowest BCUT2D eigenvalue weighted by Crippen LogP contribution is -2.08. The summed E-state index contributed by atoms with van der Waals surface area (Å²) in [5, 5.41) is 9.41. The molecule has 0 aromatic heterocycles. The third-order valence-corrected chi connectivity index (χ3v) is 2.33. The van der Waals surface area contributed by atoms with E-state index in [9.17, 15) is 5.11 Å². The molecule has 0 radical (unpaired) electrons. The second-order valence-corrected chi connectivity index (χ2v) is 3.76. The van der Waals surface area contributed by atoms with Crippen LogP contribution in [-0.2, 0) is 0 Å². The van der Waals surface area contributed by atoms with Gasteiger partial charge in [-0.1, -0.05) is 18.7 Å². The summed E-state index contributed by atoms with van der Waals surface area (Å²) in [4.78, 5) is 0. The molecule has 0 aliphatic carbocycles. The molecule has 1 aromatic rings. The Morgan fingerprint density at radius 1 is 1.40 bits per heavy atom. The van der Waals surface area contributed by atoms with E-state index in [0.717, 1.165) is 16.9 Å². The monoisotopic (exact) mass is 206 g/mol. The number of aliphatic hydroxyl groups is 1. The molecule has 82 valence electrons. The Balaban J connectivity index is 2.88. The van der Waals surface area contributed by atoms with Crippen LogP contribution in [0.4, 0.5) is 0 Å². The van der Waals surface area contributed by atoms with Crippen LogP contribution in [-0.4, -0.2) is 11.2 Å². The molecule has 2 heteroatoms. The fraction of sp³-hybridized carbons (Fsp3) is 0.385. The fourth-order valence-corrected chi connectivity index (χ4v) is 1.31. The van der Waals surface area contributed by atoms with Gasteiger partial charge in [-0.25, -0.2) is 0 Å². The zero-order valence-electron chi connectivity index (χ0n) is 9.53. The predicted molar refractivity (Wildman–Crippen MR) is 62.1 cm³/mol. The molecule has 0 aliphatic heterocycles. The highest BCUT2D eigenvalue weighted by Gasteiger charge is 2.06. The van der Waals surface area contributed by atoms with E-state index in [-0.39, 0.29) is 6.10 Å². The number of rotatable bonds is 4. The lowest BCUT2D eigenvalue weighted by atomic mass is 10.1. The van der Waals surface area contributed by atoms with Crippen molar-refractivity contribution in [2.75, 3.05) is 0 Å². The molecule has 0 heterocycles. The largest absolute Gasteiger partial charge is 0.486 e. The van der Waals surface area contributed by atoms with Crippen molar-refractivity contribution in [3.05, 3.63) is 42.0 Å². The average Bonchev–Trinajstić information content (AvgIpc) is 2.20. The first-order valence-electron chi connectivity index (χ1n) is 5.12. The summed E-state index contributed by atoms with van der Waals surface area (Å²) < 4.78 is 5.63. The van der Waals surface area contributed by atoms with Crippen molar-refractivity contribution in [1.29, 1.82) is 0 Å². The summed E-state index contributed by atoms with van der Waals surface area (Å²) in [7, 11) is 0. The van der Waals surface area contributed by atoms with Gasteiger partial charge in [-0.05, 0) is 44.0 Å². The number of aryl methyl sites for hydroxylation is 1. The summed E-state index contributed by atoms with van der Waals surface area (Å²) >= 11 is 0. The average molecular weight is 206 g/mol. The molecule has 0 bridgehead atoms. The summed E-state index contributed by atoms with van der Waals surface area (Å²) in [6.45, 7) is 9.33. The van der Waals surface area contributed by atoms with Crippen molar-refractivity contribution < 1.29 is 9.84 Å². The van der Waals surface area contributed by atoms with Crippen LogP contribution in [0.25, 0.3) is 0 Å². The second kappa shape index (κ2) is 4.99. The van der Waals surface area contributed by atoms with Gasteiger partial charge in [-0.3, -0.25) is 0 Å². The van der Waals surface area contributed by atoms with Crippen LogP contribution in [0.5, 0.6) is 5.75 Å². The topological polar surface area (TPSA) is 29.5 Å². The molecular formula is C13H18O2. The van der Waals surface area contributed by atoms with Crippen LogP contribution in [0.3, 0.4) is 0 Å². The van der Waals surface area contributed by atoms with E-state index in [0.29, 0.717) is 0 Å². The smallest absolute Gasteiger partial charge is 0.123 e. The Kier molecular flexibility index (Phi) is 3.92. The maximum atomic E-state index is 9.41. The van der Waals surface area contributed by atoms with E-state index in [4.69, 9.17) is 4.74 Å². The van der Waals surface area contributed by atoms with Gasteiger partial charge in [0.15, 0.2) is 0 Å². The highest BCUT2D eigenvalue weighted by Crippen LogP contribution is 2.23. The van der Waals surface area contributed by atoms with Crippen molar-refractivity contribution in [3.8, 4) is 5.75 Å². The zero-order valence-corrected chi connectivity index (χ0v) is 9.53. The van der Waals surface area contributed by atoms with Crippen LogP contribution in [0.15, 0.2) is 30.9 Å². The minimum atomic E-state index is -0.436. The van der Waals surface area contributed by atoms with Gasteiger partial charge in [0.25, 0.3) is 0 Å². The van der Waals surface area contributed by atoms with Gasteiger partial charge in [0.1, 0.15) is 11.9 Å². The molecule has 1 N–H and O–H groups in total. The van der Waals surface area contributed by atoms with Crippen molar-refractivity contribution >= 4 is 0 Å². The Bertz CT molecular complexity index is 342. The fourth-order valence-electron chi connectivity index (χ4n) is 1.31. The highest BCUT2D eigenvalue weighted by atomic mass is 16.5. The first-order chi connectivity index (χ1) is 7.04. The van der Waals surface area contributed by atoms with Gasteiger partial charge in [-0.2, -0.15) is 0 Å². The Labute approximate surface area is 91.2 Å². The maximum Gasteiger partial charge on any atom is 0.123 e. The van der Waals surface area contributed by atoms with E-state index in [2.05, 4.69) is 6.58 Å². The molecule has 1 rings (SSSR count). The molecule has 0 saturated carbocycles. The molecule has 2 nitrogen and oxygen atoms in total. The minimum Gasteiger partial charge on any atom is -0.486 e. The Morgan fingerprint density at radius 2 is 2.07 bits per heavy atom. The molecule has 0 aliphatic rings. The minimum absolute atomic E-state index is 0.00102. The molecule has 2 atom stereocenters. The number of hydrogen-bond acceptors (Lipinski definition) is 2. The first kappa shape index (κ1) is 11.8. The van der Waals surface area contributed by atoms with E-state index in [1.165, 1.54) is 0 Å². The molecule has 1 aromatic carbocycles. The van der Waals surface area contributed by atoms with Crippen LogP contribution in [0, 0.1) is 6.92 Å². The normalized spacial score (nSPS) is 14.4. The Hall–Kier alpha value is -1.28. The summed E-state index contributed by atoms with van der Waals surface area (Å²) in [5.41, 5.74) is 1.94. The van der Waals surface area contributed by atoms with Gasteiger partial charge in [-0.15, -0.1) is 0 Å². The van der Waals surface area contributed by atoms with Gasteiger partial charge in [0.05, 0.1) is 6.10 Å². The van der Waals surface area contributed by atoms with Crippen molar-refractivity contribution in [3.63, 3.8) is 0 Å². The molecule has 0 fully saturated rings. The molecule has 0 saturated heterocycles.